The van der Waals surface area contributed by atoms with Crippen LogP contribution in [-0.2, 0) is 4.79 Å². The fraction of sp³-hybridized carbons (Fsp3) is 0.409. The molecule has 156 valence electrons. The van der Waals surface area contributed by atoms with E-state index in [9.17, 15) is 15.0 Å². The quantitative estimate of drug-likeness (QED) is 0.469. The molecular formula is C22H27NO6. The van der Waals surface area contributed by atoms with Gasteiger partial charge in [0.25, 0.3) is 0 Å². The zero-order valence-corrected chi connectivity index (χ0v) is 16.7. The van der Waals surface area contributed by atoms with E-state index < -0.39 is 18.8 Å². The highest BCUT2D eigenvalue weighted by Gasteiger charge is 2.50. The Labute approximate surface area is 170 Å². The number of anilines is 1. The third-order valence-electron chi connectivity index (χ3n) is 5.18. The van der Waals surface area contributed by atoms with Gasteiger partial charge >= 0.3 is 0 Å². The van der Waals surface area contributed by atoms with Gasteiger partial charge in [-0.25, -0.2) is 0 Å². The second kappa shape index (κ2) is 9.62. The average Bonchev–Trinajstić information content (AvgIpc) is 2.77. The standard InChI is InChI=1S/C22H27NO6/c1-27-16-7-5-15(6-8-16)23-21(20(25)14-24)19(22(23)26)4-3-13-29-18-11-9-17(28-2)10-12-18/h5-12,19-21,24-25H,3-4,13-14H2,1-2H3/t19-,20+,21+/m0/s1. The zero-order valence-electron chi connectivity index (χ0n) is 16.7. The van der Waals surface area contributed by atoms with Crippen LogP contribution >= 0.6 is 0 Å². The molecule has 1 fully saturated rings. The monoisotopic (exact) mass is 401 g/mol. The lowest BCUT2D eigenvalue weighted by atomic mass is 9.80. The number of hydrogen-bond donors (Lipinski definition) is 2. The molecule has 3 atom stereocenters. The molecule has 2 aromatic rings. The van der Waals surface area contributed by atoms with E-state index in [4.69, 9.17) is 14.2 Å². The van der Waals surface area contributed by atoms with Gasteiger partial charge in [-0.15, -0.1) is 0 Å². The minimum absolute atomic E-state index is 0.0582. The van der Waals surface area contributed by atoms with E-state index in [1.54, 1.807) is 43.4 Å². The number of methoxy groups -OCH3 is 2. The molecule has 1 amide bonds. The van der Waals surface area contributed by atoms with Gasteiger partial charge in [0.05, 0.1) is 45.5 Å². The Hall–Kier alpha value is -2.77. The fourth-order valence-corrected chi connectivity index (χ4v) is 3.62. The van der Waals surface area contributed by atoms with Gasteiger partial charge in [-0.3, -0.25) is 4.79 Å². The van der Waals surface area contributed by atoms with Crippen LogP contribution in [0.2, 0.25) is 0 Å². The van der Waals surface area contributed by atoms with E-state index in [0.717, 1.165) is 11.5 Å². The first-order valence-electron chi connectivity index (χ1n) is 9.62. The van der Waals surface area contributed by atoms with Gasteiger partial charge in [0.15, 0.2) is 0 Å². The summed E-state index contributed by atoms with van der Waals surface area (Å²) in [7, 11) is 3.18. The van der Waals surface area contributed by atoms with Gasteiger partial charge in [-0.2, -0.15) is 0 Å². The van der Waals surface area contributed by atoms with Crippen molar-refractivity contribution in [2.45, 2.75) is 25.0 Å². The third kappa shape index (κ3) is 4.63. The summed E-state index contributed by atoms with van der Waals surface area (Å²) in [5.74, 6) is 1.78. The predicted molar refractivity (Wildman–Crippen MR) is 109 cm³/mol. The SMILES string of the molecule is COc1ccc(OCCC[C@@H]2C(=O)N(c3ccc(OC)cc3)[C@H]2[C@H](O)CO)cc1. The first kappa shape index (κ1) is 21.0. The molecule has 0 bridgehead atoms. The number of carbonyl (C=O) groups excluding carboxylic acids is 1. The Morgan fingerprint density at radius 3 is 2.07 bits per heavy atom. The summed E-state index contributed by atoms with van der Waals surface area (Å²) >= 11 is 0. The second-order valence-electron chi connectivity index (χ2n) is 6.92. The van der Waals surface area contributed by atoms with Crippen LogP contribution in [0.3, 0.4) is 0 Å². The topological polar surface area (TPSA) is 88.5 Å². The van der Waals surface area contributed by atoms with Crippen LogP contribution < -0.4 is 19.1 Å². The van der Waals surface area contributed by atoms with E-state index in [-0.39, 0.29) is 11.8 Å². The van der Waals surface area contributed by atoms with Crippen LogP contribution in [0.25, 0.3) is 0 Å². The van der Waals surface area contributed by atoms with Crippen LogP contribution in [-0.4, -0.2) is 55.7 Å². The van der Waals surface area contributed by atoms with Crippen molar-refractivity contribution in [3.05, 3.63) is 48.5 Å². The van der Waals surface area contributed by atoms with Crippen LogP contribution in [0, 0.1) is 5.92 Å². The maximum absolute atomic E-state index is 12.7. The summed E-state index contributed by atoms with van der Waals surface area (Å²) in [5, 5.41) is 19.7. The summed E-state index contributed by atoms with van der Waals surface area (Å²) in [6.07, 6.45) is 0.235. The van der Waals surface area contributed by atoms with Crippen molar-refractivity contribution in [2.24, 2.45) is 5.92 Å². The van der Waals surface area contributed by atoms with Crippen molar-refractivity contribution in [3.63, 3.8) is 0 Å². The molecule has 1 aliphatic rings. The molecule has 0 saturated carbocycles. The maximum atomic E-state index is 12.7. The summed E-state index contributed by atoms with van der Waals surface area (Å²) in [6.45, 7) is 0.0596. The van der Waals surface area contributed by atoms with E-state index in [0.29, 0.717) is 30.9 Å². The number of nitrogens with zero attached hydrogens (tertiary/aromatic N) is 1. The largest absolute Gasteiger partial charge is 0.497 e. The zero-order chi connectivity index (χ0) is 20.8. The molecule has 0 spiro atoms. The van der Waals surface area contributed by atoms with Crippen molar-refractivity contribution in [1.29, 1.82) is 0 Å². The number of β-lactam (4-membered cyclic amide) rings is 1. The molecule has 2 aromatic carbocycles. The number of ether oxygens (including phenoxy) is 3. The van der Waals surface area contributed by atoms with Gasteiger partial charge in [0.2, 0.25) is 5.91 Å². The molecule has 7 heteroatoms. The second-order valence-corrected chi connectivity index (χ2v) is 6.92. The molecule has 0 aliphatic carbocycles. The Bertz CT molecular complexity index is 792. The van der Waals surface area contributed by atoms with Crippen LogP contribution in [0.15, 0.2) is 48.5 Å². The molecule has 7 nitrogen and oxygen atoms in total. The van der Waals surface area contributed by atoms with E-state index >= 15 is 0 Å². The minimum Gasteiger partial charge on any atom is -0.497 e. The summed E-state index contributed by atoms with van der Waals surface area (Å²) in [6, 6.07) is 13.9. The minimum atomic E-state index is -0.998. The number of rotatable bonds is 10. The number of aliphatic hydroxyl groups excluding tert-OH is 2. The number of aliphatic hydroxyl groups is 2. The normalized spacial score (nSPS) is 19.4. The molecule has 1 heterocycles. The van der Waals surface area contributed by atoms with Crippen LogP contribution in [0.4, 0.5) is 5.69 Å². The van der Waals surface area contributed by atoms with Crippen LogP contribution in [0.1, 0.15) is 12.8 Å². The van der Waals surface area contributed by atoms with Crippen molar-refractivity contribution < 1.29 is 29.2 Å². The lowest BCUT2D eigenvalue weighted by Gasteiger charge is -2.49. The predicted octanol–water partition coefficient (Wildman–Crippen LogP) is 2.25. The number of carbonyl (C=O) groups is 1. The highest BCUT2D eigenvalue weighted by molar-refractivity contribution is 6.03. The van der Waals surface area contributed by atoms with E-state index in [2.05, 4.69) is 0 Å². The summed E-state index contributed by atoms with van der Waals surface area (Å²) in [4.78, 5) is 14.3. The Kier molecular flexibility index (Phi) is 6.95. The molecule has 1 saturated heterocycles. The van der Waals surface area contributed by atoms with Gasteiger partial charge in [0, 0.05) is 5.69 Å². The molecule has 0 radical (unpaired) electrons. The van der Waals surface area contributed by atoms with Gasteiger partial charge < -0.3 is 29.3 Å². The van der Waals surface area contributed by atoms with Crippen molar-refractivity contribution in [1.82, 2.24) is 0 Å². The highest BCUT2D eigenvalue weighted by Crippen LogP contribution is 2.37. The Morgan fingerprint density at radius 2 is 1.52 bits per heavy atom. The van der Waals surface area contributed by atoms with Gasteiger partial charge in [-0.05, 0) is 61.4 Å². The van der Waals surface area contributed by atoms with Crippen LogP contribution in [0.5, 0.6) is 17.2 Å². The molecule has 2 N–H and O–H groups in total. The number of benzene rings is 2. The molecule has 0 unspecified atom stereocenters. The van der Waals surface area contributed by atoms with Crippen molar-refractivity contribution in [2.75, 3.05) is 32.3 Å². The summed E-state index contributed by atoms with van der Waals surface area (Å²) < 4.78 is 16.0. The lowest BCUT2D eigenvalue weighted by Crippen LogP contribution is -2.66. The third-order valence-corrected chi connectivity index (χ3v) is 5.18. The average molecular weight is 401 g/mol. The number of hydrogen-bond acceptors (Lipinski definition) is 6. The van der Waals surface area contributed by atoms with E-state index in [1.807, 2.05) is 24.3 Å². The fourth-order valence-electron chi connectivity index (χ4n) is 3.62. The summed E-state index contributed by atoms with van der Waals surface area (Å²) in [5.41, 5.74) is 0.680. The van der Waals surface area contributed by atoms with Crippen molar-refractivity contribution >= 4 is 11.6 Å². The number of amides is 1. The van der Waals surface area contributed by atoms with Gasteiger partial charge in [0.1, 0.15) is 17.2 Å². The maximum Gasteiger partial charge on any atom is 0.232 e. The Balaban J connectivity index is 1.57. The smallest absolute Gasteiger partial charge is 0.232 e. The molecule has 0 aromatic heterocycles. The van der Waals surface area contributed by atoms with Gasteiger partial charge in [-0.1, -0.05) is 0 Å². The molecule has 1 aliphatic heterocycles. The Morgan fingerprint density at radius 1 is 0.966 bits per heavy atom. The first-order valence-corrected chi connectivity index (χ1v) is 9.62. The molecule has 29 heavy (non-hydrogen) atoms. The molecular weight excluding hydrogens is 374 g/mol. The first-order chi connectivity index (χ1) is 14.1. The molecule has 3 rings (SSSR count). The van der Waals surface area contributed by atoms with E-state index in [1.165, 1.54) is 0 Å². The lowest BCUT2D eigenvalue weighted by molar-refractivity contribution is -0.134. The van der Waals surface area contributed by atoms with Crippen molar-refractivity contribution in [3.8, 4) is 17.2 Å². The highest BCUT2D eigenvalue weighted by atomic mass is 16.5.